The topological polar surface area (TPSA) is 29.5 Å². The molecule has 1 aliphatic carbocycles. The van der Waals surface area contributed by atoms with Crippen molar-refractivity contribution < 1.29 is 18.3 Å². The summed E-state index contributed by atoms with van der Waals surface area (Å²) in [5, 5.41) is 0. The first-order valence-corrected chi connectivity index (χ1v) is 9.37. The van der Waals surface area contributed by atoms with Crippen molar-refractivity contribution in [2.24, 2.45) is 5.92 Å². The Kier molecular flexibility index (Phi) is 5.03. The highest BCUT2D eigenvalue weighted by Crippen LogP contribution is 2.49. The second kappa shape index (κ2) is 6.93. The van der Waals surface area contributed by atoms with E-state index in [0.29, 0.717) is 13.0 Å². The molecule has 1 aliphatic heterocycles. The highest BCUT2D eigenvalue weighted by Gasteiger charge is 2.56. The zero-order chi connectivity index (χ0) is 18.1. The number of halogens is 2. The molecule has 1 aromatic carbocycles. The number of amides is 1. The molecule has 1 aromatic rings. The number of ether oxygens (including phenoxy) is 1. The Morgan fingerprint density at radius 3 is 2.72 bits per heavy atom. The molecule has 2 atom stereocenters. The third-order valence-corrected chi connectivity index (χ3v) is 5.67. The molecule has 0 N–H and O–H groups in total. The Morgan fingerprint density at radius 1 is 1.24 bits per heavy atom. The quantitative estimate of drug-likeness (QED) is 0.694. The number of nitrogens with zero attached hydrogens (tertiary/aromatic N) is 1. The largest absolute Gasteiger partial charge is 0.441 e. The van der Waals surface area contributed by atoms with Crippen molar-refractivity contribution in [3.8, 4) is 0 Å². The summed E-state index contributed by atoms with van der Waals surface area (Å²) in [6.07, 6.45) is 2.88. The van der Waals surface area contributed by atoms with E-state index in [2.05, 4.69) is 0 Å². The van der Waals surface area contributed by atoms with Crippen LogP contribution in [0.3, 0.4) is 0 Å². The lowest BCUT2D eigenvalue weighted by Crippen LogP contribution is -2.47. The molecule has 138 valence electrons. The first-order chi connectivity index (χ1) is 11.9. The van der Waals surface area contributed by atoms with Crippen LogP contribution in [0.5, 0.6) is 0 Å². The fraction of sp³-hybridized carbons (Fsp3) is 0.650. The summed E-state index contributed by atoms with van der Waals surface area (Å²) < 4.78 is 34.3. The van der Waals surface area contributed by atoms with E-state index in [1.165, 1.54) is 0 Å². The molecule has 2 fully saturated rings. The lowest BCUT2D eigenvalue weighted by atomic mass is 9.73. The summed E-state index contributed by atoms with van der Waals surface area (Å²) in [6, 6.07) is 7.74. The number of anilines is 1. The summed E-state index contributed by atoms with van der Waals surface area (Å²) in [6.45, 7) is 4.43. The SMILES string of the molecule is CCCCC1CC2(CCC1(F)F)CN(c1ccccc1CC)C(=O)O2. The van der Waals surface area contributed by atoms with Gasteiger partial charge >= 0.3 is 6.09 Å². The summed E-state index contributed by atoms with van der Waals surface area (Å²) in [7, 11) is 0. The van der Waals surface area contributed by atoms with E-state index in [0.717, 1.165) is 30.5 Å². The van der Waals surface area contributed by atoms with Crippen LogP contribution < -0.4 is 4.90 Å². The second-order valence-electron chi connectivity index (χ2n) is 7.42. The molecule has 2 aliphatic rings. The molecule has 1 saturated carbocycles. The maximum absolute atomic E-state index is 14.3. The fourth-order valence-corrected chi connectivity index (χ4v) is 4.18. The number of rotatable bonds is 5. The van der Waals surface area contributed by atoms with Gasteiger partial charge in [-0.05, 0) is 37.3 Å². The van der Waals surface area contributed by atoms with Crippen molar-refractivity contribution in [3.05, 3.63) is 29.8 Å². The number of carbonyl (C=O) groups excluding carboxylic acids is 1. The number of unbranched alkanes of at least 4 members (excludes halogenated alkanes) is 1. The van der Waals surface area contributed by atoms with Gasteiger partial charge in [-0.1, -0.05) is 44.9 Å². The molecule has 0 aromatic heterocycles. The van der Waals surface area contributed by atoms with Gasteiger partial charge in [-0.3, -0.25) is 4.90 Å². The smallest absolute Gasteiger partial charge is 0.415 e. The fourth-order valence-electron chi connectivity index (χ4n) is 4.18. The monoisotopic (exact) mass is 351 g/mol. The Morgan fingerprint density at radius 2 is 2.00 bits per heavy atom. The van der Waals surface area contributed by atoms with Gasteiger partial charge in [0.05, 0.1) is 12.2 Å². The molecule has 1 amide bonds. The zero-order valence-corrected chi connectivity index (χ0v) is 15.1. The summed E-state index contributed by atoms with van der Waals surface area (Å²) >= 11 is 0. The minimum absolute atomic E-state index is 0.197. The van der Waals surface area contributed by atoms with Gasteiger partial charge in [-0.2, -0.15) is 0 Å². The van der Waals surface area contributed by atoms with Gasteiger partial charge in [0.2, 0.25) is 0 Å². The van der Waals surface area contributed by atoms with Crippen molar-refractivity contribution in [2.75, 3.05) is 11.4 Å². The average molecular weight is 351 g/mol. The summed E-state index contributed by atoms with van der Waals surface area (Å²) in [5.41, 5.74) is 1.15. The van der Waals surface area contributed by atoms with Crippen LogP contribution in [0, 0.1) is 5.92 Å². The van der Waals surface area contributed by atoms with E-state index >= 15 is 0 Å². The van der Waals surface area contributed by atoms with E-state index < -0.39 is 23.5 Å². The summed E-state index contributed by atoms with van der Waals surface area (Å²) in [5.74, 6) is -3.35. The highest BCUT2D eigenvalue weighted by molar-refractivity contribution is 5.91. The maximum Gasteiger partial charge on any atom is 0.415 e. The van der Waals surface area contributed by atoms with Gasteiger partial charge in [0.1, 0.15) is 5.60 Å². The molecular formula is C20H27F2NO2. The molecular weight excluding hydrogens is 324 g/mol. The molecule has 25 heavy (non-hydrogen) atoms. The van der Waals surface area contributed by atoms with Crippen molar-refractivity contribution in [1.29, 1.82) is 0 Å². The molecule has 2 unspecified atom stereocenters. The number of benzene rings is 1. The van der Waals surface area contributed by atoms with Gasteiger partial charge in [0.25, 0.3) is 5.92 Å². The molecule has 0 bridgehead atoms. The number of aryl methyl sites for hydroxylation is 1. The van der Waals surface area contributed by atoms with Crippen molar-refractivity contribution >= 4 is 11.8 Å². The third kappa shape index (κ3) is 3.51. The van der Waals surface area contributed by atoms with Gasteiger partial charge in [0.15, 0.2) is 0 Å². The van der Waals surface area contributed by atoms with E-state index in [4.69, 9.17) is 4.74 Å². The molecule has 3 nitrogen and oxygen atoms in total. The van der Waals surface area contributed by atoms with Gasteiger partial charge in [-0.15, -0.1) is 0 Å². The van der Waals surface area contributed by atoms with Crippen LogP contribution in [0.4, 0.5) is 19.3 Å². The van der Waals surface area contributed by atoms with Crippen LogP contribution in [0.15, 0.2) is 24.3 Å². The highest BCUT2D eigenvalue weighted by atomic mass is 19.3. The lowest BCUT2D eigenvalue weighted by Gasteiger charge is -2.40. The third-order valence-electron chi connectivity index (χ3n) is 5.67. The van der Waals surface area contributed by atoms with Crippen molar-refractivity contribution in [1.82, 2.24) is 0 Å². The number of alkyl halides is 2. The van der Waals surface area contributed by atoms with E-state index in [1.807, 2.05) is 38.1 Å². The standard InChI is InChI=1S/C20H27F2NO2/c1-3-5-9-16-13-19(11-12-20(16,21)22)14-23(18(24)25-19)17-10-7-6-8-15(17)4-2/h6-8,10,16H,3-5,9,11-14H2,1-2H3. The van der Waals surface area contributed by atoms with Crippen LogP contribution >= 0.6 is 0 Å². The van der Waals surface area contributed by atoms with E-state index in [-0.39, 0.29) is 19.3 Å². The van der Waals surface area contributed by atoms with Crippen molar-refractivity contribution in [3.63, 3.8) is 0 Å². The van der Waals surface area contributed by atoms with E-state index in [9.17, 15) is 13.6 Å². The first-order valence-electron chi connectivity index (χ1n) is 9.37. The minimum atomic E-state index is -2.65. The van der Waals surface area contributed by atoms with Crippen LogP contribution in [0.2, 0.25) is 0 Å². The van der Waals surface area contributed by atoms with Crippen molar-refractivity contribution in [2.45, 2.75) is 70.3 Å². The van der Waals surface area contributed by atoms with Crippen LogP contribution in [0.25, 0.3) is 0 Å². The molecule has 3 rings (SSSR count). The molecule has 1 spiro atoms. The number of carbonyl (C=O) groups is 1. The maximum atomic E-state index is 14.3. The molecule has 1 saturated heterocycles. The van der Waals surface area contributed by atoms with Gasteiger partial charge < -0.3 is 4.74 Å². The van der Waals surface area contributed by atoms with Crippen LogP contribution in [-0.2, 0) is 11.2 Å². The second-order valence-corrected chi connectivity index (χ2v) is 7.42. The average Bonchev–Trinajstić information content (AvgIpc) is 2.92. The van der Waals surface area contributed by atoms with Crippen LogP contribution in [-0.4, -0.2) is 24.2 Å². The number of hydrogen-bond donors (Lipinski definition) is 0. The predicted octanol–water partition coefficient (Wildman–Crippen LogP) is 5.57. The Balaban J connectivity index is 1.81. The Hall–Kier alpha value is -1.65. The number of hydrogen-bond acceptors (Lipinski definition) is 2. The Labute approximate surface area is 148 Å². The Bertz CT molecular complexity index is 634. The lowest BCUT2D eigenvalue weighted by molar-refractivity contribution is -0.137. The predicted molar refractivity (Wildman–Crippen MR) is 94.2 cm³/mol. The zero-order valence-electron chi connectivity index (χ0n) is 15.1. The van der Waals surface area contributed by atoms with Gasteiger partial charge in [0, 0.05) is 12.3 Å². The molecule has 0 radical (unpaired) electrons. The summed E-state index contributed by atoms with van der Waals surface area (Å²) in [4.78, 5) is 14.2. The van der Waals surface area contributed by atoms with Gasteiger partial charge in [-0.25, -0.2) is 13.6 Å². The normalized spacial score (nSPS) is 28.4. The first kappa shape index (κ1) is 18.2. The molecule has 1 heterocycles. The number of para-hydroxylation sites is 1. The van der Waals surface area contributed by atoms with Crippen LogP contribution in [0.1, 0.15) is 57.9 Å². The molecule has 5 heteroatoms. The minimum Gasteiger partial charge on any atom is -0.441 e. The van der Waals surface area contributed by atoms with E-state index in [1.54, 1.807) is 4.90 Å².